The molecule has 0 aliphatic carbocycles. The molecule has 1 aliphatic rings. The third-order valence-electron chi connectivity index (χ3n) is 4.16. The van der Waals surface area contributed by atoms with Crippen LogP contribution < -0.4 is 15.1 Å². The van der Waals surface area contributed by atoms with Crippen molar-refractivity contribution in [2.75, 3.05) is 42.9 Å². The highest BCUT2D eigenvalue weighted by molar-refractivity contribution is 9.10. The van der Waals surface area contributed by atoms with E-state index in [0.29, 0.717) is 6.54 Å². The van der Waals surface area contributed by atoms with Crippen molar-refractivity contribution < 1.29 is 9.69 Å². The van der Waals surface area contributed by atoms with Crippen LogP contribution in [0.1, 0.15) is 0 Å². The molecule has 0 bridgehead atoms. The van der Waals surface area contributed by atoms with Gasteiger partial charge in [0.15, 0.2) is 6.54 Å². The first kappa shape index (κ1) is 17.3. The summed E-state index contributed by atoms with van der Waals surface area (Å²) < 4.78 is 0.961. The number of anilines is 2. The smallest absolute Gasteiger partial charge is 0.279 e. The second-order valence-electron chi connectivity index (χ2n) is 5.95. The molecule has 1 aliphatic heterocycles. The number of rotatable bonds is 4. The van der Waals surface area contributed by atoms with Crippen LogP contribution in [0, 0.1) is 0 Å². The molecule has 1 fully saturated rings. The Labute approximate surface area is 155 Å². The first-order chi connectivity index (χ1) is 11.6. The number of hydrogen-bond donors (Lipinski definition) is 2. The van der Waals surface area contributed by atoms with Crippen LogP contribution in [0.15, 0.2) is 53.0 Å². The average Bonchev–Trinajstić information content (AvgIpc) is 2.55. The molecular weight excluding hydrogens is 390 g/mol. The van der Waals surface area contributed by atoms with Crippen LogP contribution in [0.5, 0.6) is 0 Å². The van der Waals surface area contributed by atoms with Gasteiger partial charge in [0.05, 0.1) is 26.2 Å². The van der Waals surface area contributed by atoms with Crippen LogP contribution in [0.4, 0.5) is 11.4 Å². The summed E-state index contributed by atoms with van der Waals surface area (Å²) >= 11 is 9.47. The highest BCUT2D eigenvalue weighted by Crippen LogP contribution is 2.19. The van der Waals surface area contributed by atoms with Crippen molar-refractivity contribution in [2.24, 2.45) is 0 Å². The van der Waals surface area contributed by atoms with E-state index in [1.807, 2.05) is 42.5 Å². The molecule has 0 atom stereocenters. The summed E-state index contributed by atoms with van der Waals surface area (Å²) in [5.41, 5.74) is 1.98. The predicted molar refractivity (Wildman–Crippen MR) is 102 cm³/mol. The number of carbonyl (C=O) groups is 1. The SMILES string of the molecule is O=C(C[NH+]1CCN(c2cccc(Cl)c2)CC1)Nc1cccc(Br)c1. The highest BCUT2D eigenvalue weighted by atomic mass is 79.9. The van der Waals surface area contributed by atoms with Crippen molar-refractivity contribution in [3.8, 4) is 0 Å². The molecule has 0 unspecified atom stereocenters. The summed E-state index contributed by atoms with van der Waals surface area (Å²) in [6.45, 7) is 4.24. The lowest BCUT2D eigenvalue weighted by Gasteiger charge is -2.33. The van der Waals surface area contributed by atoms with Crippen LogP contribution in [-0.2, 0) is 4.79 Å². The Balaban J connectivity index is 1.49. The molecule has 2 aromatic rings. The minimum absolute atomic E-state index is 0.0549. The largest absolute Gasteiger partial charge is 0.360 e. The number of benzene rings is 2. The number of nitrogens with zero attached hydrogens (tertiary/aromatic N) is 1. The fourth-order valence-electron chi connectivity index (χ4n) is 2.93. The van der Waals surface area contributed by atoms with E-state index in [1.165, 1.54) is 4.90 Å². The summed E-state index contributed by atoms with van der Waals surface area (Å²) in [4.78, 5) is 15.8. The first-order valence-electron chi connectivity index (χ1n) is 8.00. The molecule has 24 heavy (non-hydrogen) atoms. The minimum Gasteiger partial charge on any atom is -0.360 e. The van der Waals surface area contributed by atoms with Crippen molar-refractivity contribution in [2.45, 2.75) is 0 Å². The van der Waals surface area contributed by atoms with Crippen LogP contribution in [0.25, 0.3) is 0 Å². The maximum absolute atomic E-state index is 12.2. The van der Waals surface area contributed by atoms with Crippen molar-refractivity contribution in [3.05, 3.63) is 58.0 Å². The molecule has 0 saturated carbocycles. The number of carbonyl (C=O) groups excluding carboxylic acids is 1. The number of halogens is 2. The van der Waals surface area contributed by atoms with Gasteiger partial charge < -0.3 is 15.1 Å². The van der Waals surface area contributed by atoms with Gasteiger partial charge in [0.1, 0.15) is 0 Å². The second-order valence-corrected chi connectivity index (χ2v) is 7.30. The minimum atomic E-state index is 0.0549. The third-order valence-corrected chi connectivity index (χ3v) is 4.89. The normalized spacial score (nSPS) is 15.3. The number of piperazine rings is 1. The van der Waals surface area contributed by atoms with Gasteiger partial charge in [-0.15, -0.1) is 0 Å². The van der Waals surface area contributed by atoms with Crippen LogP contribution in [0.3, 0.4) is 0 Å². The molecule has 0 aromatic heterocycles. The lowest BCUT2D eigenvalue weighted by atomic mass is 10.2. The first-order valence-corrected chi connectivity index (χ1v) is 9.17. The van der Waals surface area contributed by atoms with Gasteiger partial charge in [-0.3, -0.25) is 4.79 Å². The highest BCUT2D eigenvalue weighted by Gasteiger charge is 2.22. The van der Waals surface area contributed by atoms with Gasteiger partial charge in [0.25, 0.3) is 5.91 Å². The third kappa shape index (κ3) is 4.72. The van der Waals surface area contributed by atoms with Gasteiger partial charge in [-0.05, 0) is 36.4 Å². The van der Waals surface area contributed by atoms with Crippen molar-refractivity contribution in [1.29, 1.82) is 0 Å². The summed E-state index contributed by atoms with van der Waals surface area (Å²) in [7, 11) is 0. The van der Waals surface area contributed by atoms with E-state index < -0.39 is 0 Å². The Morgan fingerprint density at radius 2 is 1.92 bits per heavy atom. The molecule has 2 N–H and O–H groups in total. The zero-order valence-electron chi connectivity index (χ0n) is 13.3. The summed E-state index contributed by atoms with van der Waals surface area (Å²) in [5.74, 6) is 0.0549. The maximum Gasteiger partial charge on any atom is 0.279 e. The van der Waals surface area contributed by atoms with Gasteiger partial charge in [-0.25, -0.2) is 0 Å². The zero-order valence-corrected chi connectivity index (χ0v) is 15.6. The van der Waals surface area contributed by atoms with E-state index in [0.717, 1.165) is 47.0 Å². The molecule has 0 spiro atoms. The Bertz CT molecular complexity index is 717. The quantitative estimate of drug-likeness (QED) is 0.814. The van der Waals surface area contributed by atoms with E-state index in [2.05, 4.69) is 32.2 Å². The molecule has 1 heterocycles. The standard InChI is InChI=1S/C18H19BrClN3O/c19-14-3-1-5-16(11-14)21-18(24)13-22-7-9-23(10-8-22)17-6-2-4-15(20)12-17/h1-6,11-12H,7-10,13H2,(H,21,24)/p+1. The molecule has 6 heteroatoms. The van der Waals surface area contributed by atoms with E-state index in [9.17, 15) is 4.79 Å². The summed E-state index contributed by atoms with van der Waals surface area (Å²) in [6, 6.07) is 15.6. The average molecular weight is 410 g/mol. The van der Waals surface area contributed by atoms with Gasteiger partial charge in [0, 0.05) is 20.9 Å². The van der Waals surface area contributed by atoms with E-state index in [1.54, 1.807) is 0 Å². The molecule has 1 saturated heterocycles. The van der Waals surface area contributed by atoms with Gasteiger partial charge in [-0.1, -0.05) is 39.7 Å². The molecule has 126 valence electrons. The fraction of sp³-hybridized carbons (Fsp3) is 0.278. The molecule has 3 rings (SSSR count). The van der Waals surface area contributed by atoms with Crippen molar-refractivity contribution in [3.63, 3.8) is 0 Å². The number of quaternary nitrogens is 1. The second kappa shape index (κ2) is 8.01. The van der Waals surface area contributed by atoms with E-state index in [-0.39, 0.29) is 5.91 Å². The Kier molecular flexibility index (Phi) is 5.76. The molecule has 2 aromatic carbocycles. The van der Waals surface area contributed by atoms with Crippen LogP contribution in [0.2, 0.25) is 5.02 Å². The van der Waals surface area contributed by atoms with Gasteiger partial charge >= 0.3 is 0 Å². The topological polar surface area (TPSA) is 36.8 Å². The predicted octanol–water partition coefficient (Wildman–Crippen LogP) is 2.45. The molecule has 0 radical (unpaired) electrons. The van der Waals surface area contributed by atoms with E-state index in [4.69, 9.17) is 11.6 Å². The molecule has 1 amide bonds. The lowest BCUT2D eigenvalue weighted by Crippen LogP contribution is -3.15. The van der Waals surface area contributed by atoms with Crippen LogP contribution in [-0.4, -0.2) is 38.6 Å². The number of hydrogen-bond acceptors (Lipinski definition) is 2. The molecule has 4 nitrogen and oxygen atoms in total. The molecular formula is C18H20BrClN3O+. The van der Waals surface area contributed by atoms with Crippen molar-refractivity contribution >= 4 is 44.8 Å². The number of amides is 1. The maximum atomic E-state index is 12.2. The monoisotopic (exact) mass is 408 g/mol. The Morgan fingerprint density at radius 3 is 2.62 bits per heavy atom. The number of nitrogens with one attached hydrogen (secondary N) is 2. The van der Waals surface area contributed by atoms with Crippen LogP contribution >= 0.6 is 27.5 Å². The summed E-state index contributed by atoms with van der Waals surface area (Å²) in [5, 5.41) is 3.72. The van der Waals surface area contributed by atoms with Crippen molar-refractivity contribution in [1.82, 2.24) is 0 Å². The zero-order chi connectivity index (χ0) is 16.9. The summed E-state index contributed by atoms with van der Waals surface area (Å²) in [6.07, 6.45) is 0. The van der Waals surface area contributed by atoms with Gasteiger partial charge in [0.2, 0.25) is 0 Å². The van der Waals surface area contributed by atoms with E-state index >= 15 is 0 Å². The lowest BCUT2D eigenvalue weighted by molar-refractivity contribution is -0.892. The fourth-order valence-corrected chi connectivity index (χ4v) is 3.51. The Hall–Kier alpha value is -1.56. The Morgan fingerprint density at radius 1 is 1.17 bits per heavy atom. The van der Waals surface area contributed by atoms with Gasteiger partial charge in [-0.2, -0.15) is 0 Å².